The smallest absolute Gasteiger partial charge is 0.257 e. The Morgan fingerprint density at radius 1 is 1.20 bits per heavy atom. The van der Waals surface area contributed by atoms with Gasteiger partial charge in [0.2, 0.25) is 0 Å². The van der Waals surface area contributed by atoms with Crippen LogP contribution in [-0.4, -0.2) is 70.0 Å². The minimum atomic E-state index is -0.978. The van der Waals surface area contributed by atoms with Gasteiger partial charge in [-0.05, 0) is 37.8 Å². The van der Waals surface area contributed by atoms with E-state index < -0.39 is 12.2 Å². The summed E-state index contributed by atoms with van der Waals surface area (Å²) in [6, 6.07) is 7.25. The molecule has 11 heteroatoms. The minimum Gasteiger partial charge on any atom is -0.375 e. The first-order valence-electron chi connectivity index (χ1n) is 12.2. The van der Waals surface area contributed by atoms with Gasteiger partial charge in [-0.25, -0.2) is 14.4 Å². The van der Waals surface area contributed by atoms with Gasteiger partial charge in [0, 0.05) is 39.2 Å². The lowest BCUT2D eigenvalue weighted by Crippen LogP contribution is -2.44. The Morgan fingerprint density at radius 3 is 2.74 bits per heavy atom. The van der Waals surface area contributed by atoms with E-state index in [2.05, 4.69) is 30.9 Å². The molecule has 0 aromatic carbocycles. The average Bonchev–Trinajstić information content (AvgIpc) is 3.23. The summed E-state index contributed by atoms with van der Waals surface area (Å²) in [5, 5.41) is 13.3. The third kappa shape index (κ3) is 4.24. The summed E-state index contributed by atoms with van der Waals surface area (Å²) in [5.41, 5.74) is 0.735. The van der Waals surface area contributed by atoms with E-state index in [0.29, 0.717) is 35.1 Å². The molecular formula is C24H29FN8O2. The Hall–Kier alpha value is -3.47. The lowest BCUT2D eigenvalue weighted by atomic mass is 9.89. The van der Waals surface area contributed by atoms with Crippen LogP contribution in [0.5, 0.6) is 0 Å². The van der Waals surface area contributed by atoms with Crippen molar-refractivity contribution < 1.29 is 13.9 Å². The number of ether oxygens (including phenoxy) is 1. The Kier molecular flexibility index (Phi) is 5.43. The zero-order valence-electron chi connectivity index (χ0n) is 19.6. The number of piperidine rings is 1. The molecule has 3 N–H and O–H groups in total. The van der Waals surface area contributed by atoms with Crippen LogP contribution >= 0.6 is 0 Å². The number of hydrogen-bond donors (Lipinski definition) is 3. The monoisotopic (exact) mass is 480 g/mol. The highest BCUT2D eigenvalue weighted by atomic mass is 19.1. The summed E-state index contributed by atoms with van der Waals surface area (Å²) >= 11 is 0. The van der Waals surface area contributed by atoms with Crippen LogP contribution in [0.3, 0.4) is 0 Å². The third-order valence-corrected chi connectivity index (χ3v) is 7.18. The van der Waals surface area contributed by atoms with E-state index in [1.165, 1.54) is 6.20 Å². The molecule has 0 radical (unpaired) electrons. The molecule has 6 rings (SSSR count). The second kappa shape index (κ2) is 8.63. The van der Waals surface area contributed by atoms with Crippen molar-refractivity contribution >= 4 is 34.8 Å². The average molecular weight is 481 g/mol. The van der Waals surface area contributed by atoms with E-state index in [1.54, 1.807) is 17.6 Å². The Bertz CT molecular complexity index is 1250. The molecule has 3 aromatic heterocycles. The number of halogens is 1. The highest BCUT2D eigenvalue weighted by molar-refractivity contribution is 6.00. The second-order valence-corrected chi connectivity index (χ2v) is 9.53. The molecule has 1 saturated carbocycles. The molecule has 3 fully saturated rings. The molecule has 184 valence electrons. The molecule has 0 unspecified atom stereocenters. The molecule has 1 spiro atoms. The van der Waals surface area contributed by atoms with Gasteiger partial charge in [0.05, 0.1) is 17.8 Å². The van der Waals surface area contributed by atoms with E-state index in [4.69, 9.17) is 9.72 Å². The third-order valence-electron chi connectivity index (χ3n) is 7.18. The topological polar surface area (TPSA) is 109 Å². The van der Waals surface area contributed by atoms with Crippen LogP contribution in [0.1, 0.15) is 42.5 Å². The number of rotatable bonds is 6. The number of hydrogen-bond acceptors (Lipinski definition) is 8. The van der Waals surface area contributed by atoms with Gasteiger partial charge in [-0.1, -0.05) is 6.07 Å². The fourth-order valence-corrected chi connectivity index (χ4v) is 5.02. The Labute approximate surface area is 202 Å². The molecule has 2 atom stereocenters. The number of fused-ring (bicyclic) bond motifs is 1. The molecule has 10 nitrogen and oxygen atoms in total. The van der Waals surface area contributed by atoms with E-state index in [-0.39, 0.29) is 11.5 Å². The van der Waals surface area contributed by atoms with E-state index in [9.17, 15) is 9.18 Å². The second-order valence-electron chi connectivity index (χ2n) is 9.53. The van der Waals surface area contributed by atoms with Gasteiger partial charge >= 0.3 is 0 Å². The van der Waals surface area contributed by atoms with Crippen molar-refractivity contribution in [2.24, 2.45) is 0 Å². The summed E-state index contributed by atoms with van der Waals surface area (Å²) < 4.78 is 20.9. The number of anilines is 4. The van der Waals surface area contributed by atoms with Crippen molar-refractivity contribution in [3.63, 3.8) is 0 Å². The summed E-state index contributed by atoms with van der Waals surface area (Å²) in [6.45, 7) is 2.71. The quantitative estimate of drug-likeness (QED) is 0.494. The first-order chi connectivity index (χ1) is 17.0. The number of carbonyl (C=O) groups excluding carboxylic acids is 1. The Balaban J connectivity index is 1.22. The first-order valence-corrected chi connectivity index (χ1v) is 12.2. The highest BCUT2D eigenvalue weighted by Gasteiger charge is 2.40. The van der Waals surface area contributed by atoms with Gasteiger partial charge < -0.3 is 25.6 Å². The number of amides is 1. The SMILES string of the molecule is CNc1cc(Nc2cccc(N3CCC4(CCCO4)CC3)n2)nc2c(C(=O)N[C@H]3C[C@H]3F)cnn12. The zero-order chi connectivity index (χ0) is 24.0. The fourth-order valence-electron chi connectivity index (χ4n) is 5.02. The summed E-state index contributed by atoms with van der Waals surface area (Å²) in [5.74, 6) is 2.36. The standard InChI is InChI=1S/C24H29FN8O2/c1-26-21-13-19(31-22-15(14-27-33(21)22)23(34)28-17-12-16(17)25)29-18-4-2-5-20(30-18)32-9-7-24(8-10-32)6-3-11-35-24/h2,4-5,13-14,16-17,26H,3,6-12H2,1H3,(H,28,34)(H,29,30,31)/t16-,17+/m1/s1. The molecule has 35 heavy (non-hydrogen) atoms. The molecule has 2 aliphatic heterocycles. The van der Waals surface area contributed by atoms with Crippen molar-refractivity contribution in [1.29, 1.82) is 0 Å². The van der Waals surface area contributed by atoms with Crippen LogP contribution in [0, 0.1) is 0 Å². The number of pyridine rings is 1. The van der Waals surface area contributed by atoms with E-state index >= 15 is 0 Å². The van der Waals surface area contributed by atoms with Gasteiger partial charge in [-0.3, -0.25) is 4.79 Å². The largest absolute Gasteiger partial charge is 0.375 e. The number of aromatic nitrogens is 4. The van der Waals surface area contributed by atoms with E-state index in [0.717, 1.165) is 51.2 Å². The number of carbonyl (C=O) groups is 1. The van der Waals surface area contributed by atoms with Gasteiger partial charge in [0.15, 0.2) is 5.65 Å². The molecule has 1 aliphatic carbocycles. The molecular weight excluding hydrogens is 451 g/mol. The fraction of sp³-hybridized carbons (Fsp3) is 0.500. The number of nitrogens with zero attached hydrogens (tertiary/aromatic N) is 5. The van der Waals surface area contributed by atoms with Crippen LogP contribution in [0.4, 0.5) is 27.7 Å². The van der Waals surface area contributed by atoms with E-state index in [1.807, 2.05) is 18.2 Å². The number of alkyl halides is 1. The molecule has 0 bridgehead atoms. The maximum absolute atomic E-state index is 13.3. The van der Waals surface area contributed by atoms with Crippen LogP contribution in [0.25, 0.3) is 5.65 Å². The zero-order valence-corrected chi connectivity index (χ0v) is 19.6. The van der Waals surface area contributed by atoms with Crippen molar-refractivity contribution in [2.75, 3.05) is 42.3 Å². The minimum absolute atomic E-state index is 0.0646. The molecule has 3 aliphatic rings. The molecule has 1 amide bonds. The Morgan fingerprint density at radius 2 is 2.03 bits per heavy atom. The maximum Gasteiger partial charge on any atom is 0.257 e. The predicted molar refractivity (Wildman–Crippen MR) is 130 cm³/mol. The van der Waals surface area contributed by atoms with Crippen LogP contribution in [0.2, 0.25) is 0 Å². The van der Waals surface area contributed by atoms with Crippen LogP contribution in [-0.2, 0) is 4.74 Å². The summed E-state index contributed by atoms with van der Waals surface area (Å²) in [7, 11) is 1.77. The number of nitrogens with one attached hydrogen (secondary N) is 3. The van der Waals surface area contributed by atoms with Crippen LogP contribution < -0.4 is 20.9 Å². The highest BCUT2D eigenvalue weighted by Crippen LogP contribution is 2.36. The maximum atomic E-state index is 13.3. The lowest BCUT2D eigenvalue weighted by molar-refractivity contribution is -0.0147. The van der Waals surface area contributed by atoms with Gasteiger partial charge in [0.25, 0.3) is 5.91 Å². The van der Waals surface area contributed by atoms with Crippen LogP contribution in [0.15, 0.2) is 30.5 Å². The summed E-state index contributed by atoms with van der Waals surface area (Å²) in [6.07, 6.45) is 5.17. The van der Waals surface area contributed by atoms with Crippen molar-refractivity contribution in [1.82, 2.24) is 24.9 Å². The first kappa shape index (κ1) is 22.0. The molecule has 5 heterocycles. The van der Waals surface area contributed by atoms with Gasteiger partial charge in [-0.15, -0.1) is 0 Å². The van der Waals surface area contributed by atoms with Crippen molar-refractivity contribution in [3.05, 3.63) is 36.0 Å². The molecule has 3 aromatic rings. The lowest BCUT2D eigenvalue weighted by Gasteiger charge is -2.39. The predicted octanol–water partition coefficient (Wildman–Crippen LogP) is 2.90. The van der Waals surface area contributed by atoms with Crippen molar-refractivity contribution in [3.8, 4) is 0 Å². The van der Waals surface area contributed by atoms with Gasteiger partial charge in [0.1, 0.15) is 35.0 Å². The molecule has 2 saturated heterocycles. The van der Waals surface area contributed by atoms with Gasteiger partial charge in [-0.2, -0.15) is 9.61 Å². The normalized spacial score (nSPS) is 23.0. The summed E-state index contributed by atoms with van der Waals surface area (Å²) in [4.78, 5) is 24.4. The van der Waals surface area contributed by atoms with Crippen molar-refractivity contribution in [2.45, 2.75) is 49.9 Å².